The lowest BCUT2D eigenvalue weighted by Gasteiger charge is -2.11. The summed E-state index contributed by atoms with van der Waals surface area (Å²) in [4.78, 5) is 13.7. The molecule has 1 heterocycles. The summed E-state index contributed by atoms with van der Waals surface area (Å²) >= 11 is 5.78. The summed E-state index contributed by atoms with van der Waals surface area (Å²) in [5.41, 5.74) is -1.13. The van der Waals surface area contributed by atoms with Crippen molar-refractivity contribution in [1.82, 2.24) is 4.98 Å². The molecule has 0 aliphatic rings. The Morgan fingerprint density at radius 1 is 0.957 bits per heavy atom. The van der Waals surface area contributed by atoms with Crippen LogP contribution in [0, 0.1) is 5.82 Å². The third-order valence-electron chi connectivity index (χ3n) is 3.34. The molecular weight excluding hydrogens is 334 g/mol. The highest BCUT2D eigenvalue weighted by atomic mass is 35.5. The SMILES string of the molecule is O=c1cc(C(F)(F)F)c2cc(-c3cc(F)cc(Cl)c3)ccc2[nH]1. The van der Waals surface area contributed by atoms with Gasteiger partial charge in [0.15, 0.2) is 0 Å². The fourth-order valence-corrected chi connectivity index (χ4v) is 2.61. The fraction of sp³-hybridized carbons (Fsp3) is 0.0625. The van der Waals surface area contributed by atoms with Crippen LogP contribution in [0.3, 0.4) is 0 Å². The Kier molecular flexibility index (Phi) is 3.64. The van der Waals surface area contributed by atoms with Gasteiger partial charge in [-0.25, -0.2) is 4.39 Å². The van der Waals surface area contributed by atoms with Crippen LogP contribution in [0.1, 0.15) is 5.56 Å². The Labute approximate surface area is 132 Å². The number of hydrogen-bond donors (Lipinski definition) is 1. The van der Waals surface area contributed by atoms with Gasteiger partial charge in [0.1, 0.15) is 5.82 Å². The van der Waals surface area contributed by atoms with Gasteiger partial charge in [0.2, 0.25) is 5.56 Å². The highest BCUT2D eigenvalue weighted by Crippen LogP contribution is 2.35. The largest absolute Gasteiger partial charge is 0.417 e. The number of hydrogen-bond acceptors (Lipinski definition) is 1. The Balaban J connectivity index is 2.30. The second-order valence-corrected chi connectivity index (χ2v) is 5.40. The fourth-order valence-electron chi connectivity index (χ4n) is 2.39. The molecule has 23 heavy (non-hydrogen) atoms. The molecule has 1 aromatic heterocycles. The molecule has 0 atom stereocenters. The number of nitrogens with one attached hydrogen (secondary N) is 1. The number of fused-ring (bicyclic) bond motifs is 1. The number of alkyl halides is 3. The van der Waals surface area contributed by atoms with Gasteiger partial charge in [0.05, 0.1) is 5.56 Å². The van der Waals surface area contributed by atoms with Crippen molar-refractivity contribution in [1.29, 1.82) is 0 Å². The van der Waals surface area contributed by atoms with Crippen LogP contribution in [0.15, 0.2) is 47.3 Å². The first-order valence-corrected chi connectivity index (χ1v) is 6.82. The highest BCUT2D eigenvalue weighted by Gasteiger charge is 2.33. The first-order chi connectivity index (χ1) is 10.7. The maximum atomic E-state index is 13.4. The molecule has 0 bridgehead atoms. The lowest BCUT2D eigenvalue weighted by Crippen LogP contribution is -2.13. The van der Waals surface area contributed by atoms with Crippen molar-refractivity contribution in [3.8, 4) is 11.1 Å². The van der Waals surface area contributed by atoms with Gasteiger partial charge >= 0.3 is 6.18 Å². The van der Waals surface area contributed by atoms with E-state index in [1.807, 2.05) is 0 Å². The Bertz CT molecular complexity index is 942. The number of rotatable bonds is 1. The molecule has 1 N–H and O–H groups in total. The van der Waals surface area contributed by atoms with E-state index in [0.717, 1.165) is 6.07 Å². The number of benzene rings is 2. The summed E-state index contributed by atoms with van der Waals surface area (Å²) in [6.45, 7) is 0. The summed E-state index contributed by atoms with van der Waals surface area (Å²) in [6, 6.07) is 8.31. The van der Waals surface area contributed by atoms with E-state index >= 15 is 0 Å². The average Bonchev–Trinajstić information content (AvgIpc) is 2.43. The molecule has 2 aromatic carbocycles. The van der Waals surface area contributed by atoms with Crippen LogP contribution in [0.2, 0.25) is 5.02 Å². The van der Waals surface area contributed by atoms with Crippen LogP contribution in [0.5, 0.6) is 0 Å². The lowest BCUT2D eigenvalue weighted by atomic mass is 10.0. The summed E-state index contributed by atoms with van der Waals surface area (Å²) in [5, 5.41) is -0.0346. The number of aromatic nitrogens is 1. The molecule has 7 heteroatoms. The molecule has 0 amide bonds. The van der Waals surface area contributed by atoms with Gasteiger partial charge in [0, 0.05) is 22.0 Å². The first kappa shape index (κ1) is 15.6. The minimum atomic E-state index is -4.68. The summed E-state index contributed by atoms with van der Waals surface area (Å²) < 4.78 is 52.8. The van der Waals surface area contributed by atoms with Crippen molar-refractivity contribution in [2.24, 2.45) is 0 Å². The van der Waals surface area contributed by atoms with E-state index < -0.39 is 23.1 Å². The predicted octanol–water partition coefficient (Wildman–Crippen LogP) is 5.01. The van der Waals surface area contributed by atoms with Crippen LogP contribution in [-0.2, 0) is 6.18 Å². The van der Waals surface area contributed by atoms with Gasteiger partial charge < -0.3 is 4.98 Å². The molecule has 118 valence electrons. The average molecular weight is 342 g/mol. The normalized spacial score (nSPS) is 11.9. The van der Waals surface area contributed by atoms with Crippen molar-refractivity contribution < 1.29 is 17.6 Å². The van der Waals surface area contributed by atoms with Crippen LogP contribution in [0.4, 0.5) is 17.6 Å². The van der Waals surface area contributed by atoms with Crippen molar-refractivity contribution in [3.63, 3.8) is 0 Å². The molecule has 0 aliphatic heterocycles. The zero-order valence-corrected chi connectivity index (χ0v) is 12.1. The maximum Gasteiger partial charge on any atom is 0.417 e. The van der Waals surface area contributed by atoms with Gasteiger partial charge in [0.25, 0.3) is 0 Å². The number of aromatic amines is 1. The third kappa shape index (κ3) is 3.07. The minimum absolute atomic E-state index is 0.0519. The predicted molar refractivity (Wildman–Crippen MR) is 80.0 cm³/mol. The smallest absolute Gasteiger partial charge is 0.322 e. The number of halogens is 5. The Hall–Kier alpha value is -2.34. The number of H-pyrrole nitrogens is 1. The zero-order valence-electron chi connectivity index (χ0n) is 11.3. The quantitative estimate of drug-likeness (QED) is 0.620. The van der Waals surface area contributed by atoms with Crippen LogP contribution in [0.25, 0.3) is 22.0 Å². The molecule has 0 spiro atoms. The molecule has 0 unspecified atom stereocenters. The highest BCUT2D eigenvalue weighted by molar-refractivity contribution is 6.30. The van der Waals surface area contributed by atoms with Gasteiger partial charge in [-0.1, -0.05) is 17.7 Å². The molecule has 0 saturated heterocycles. The Morgan fingerprint density at radius 3 is 2.35 bits per heavy atom. The third-order valence-corrected chi connectivity index (χ3v) is 3.56. The lowest BCUT2D eigenvalue weighted by molar-refractivity contribution is -0.136. The molecule has 3 aromatic rings. The van der Waals surface area contributed by atoms with Gasteiger partial charge in [-0.2, -0.15) is 13.2 Å². The van der Waals surface area contributed by atoms with Crippen molar-refractivity contribution in [2.45, 2.75) is 6.18 Å². The minimum Gasteiger partial charge on any atom is -0.322 e. The monoisotopic (exact) mass is 341 g/mol. The maximum absolute atomic E-state index is 13.4. The zero-order chi connectivity index (χ0) is 16.8. The topological polar surface area (TPSA) is 32.9 Å². The van der Waals surface area contributed by atoms with E-state index in [2.05, 4.69) is 4.98 Å². The van der Waals surface area contributed by atoms with E-state index in [1.165, 1.54) is 30.3 Å². The standard InChI is InChI=1S/C16H8ClF4NO/c17-10-3-9(4-11(18)6-10)8-1-2-14-12(5-8)13(16(19,20)21)7-15(23)22-14/h1-7H,(H,22,23). The number of pyridine rings is 1. The summed E-state index contributed by atoms with van der Waals surface area (Å²) in [5.74, 6) is -0.592. The van der Waals surface area contributed by atoms with E-state index in [0.29, 0.717) is 17.2 Å². The molecular formula is C16H8ClF4NO. The molecule has 0 fully saturated rings. The van der Waals surface area contributed by atoms with Crippen LogP contribution >= 0.6 is 11.6 Å². The van der Waals surface area contributed by atoms with Crippen molar-refractivity contribution >= 4 is 22.5 Å². The van der Waals surface area contributed by atoms with Crippen molar-refractivity contribution in [3.05, 3.63) is 69.2 Å². The first-order valence-electron chi connectivity index (χ1n) is 6.45. The second-order valence-electron chi connectivity index (χ2n) is 4.96. The van der Waals surface area contributed by atoms with Gasteiger partial charge in [-0.15, -0.1) is 0 Å². The Morgan fingerprint density at radius 2 is 1.70 bits per heavy atom. The van der Waals surface area contributed by atoms with Crippen LogP contribution < -0.4 is 5.56 Å². The molecule has 0 radical (unpaired) electrons. The van der Waals surface area contributed by atoms with Gasteiger partial charge in [-0.05, 0) is 41.5 Å². The molecule has 0 saturated carbocycles. The van der Waals surface area contributed by atoms with Crippen molar-refractivity contribution in [2.75, 3.05) is 0 Å². The van der Waals surface area contributed by atoms with Crippen LogP contribution in [-0.4, -0.2) is 4.98 Å². The molecule has 3 rings (SSSR count). The van der Waals surface area contributed by atoms with E-state index in [1.54, 1.807) is 0 Å². The van der Waals surface area contributed by atoms with E-state index in [9.17, 15) is 22.4 Å². The van der Waals surface area contributed by atoms with E-state index in [-0.39, 0.29) is 15.9 Å². The second kappa shape index (κ2) is 5.38. The summed E-state index contributed by atoms with van der Waals surface area (Å²) in [6.07, 6.45) is -4.68. The van der Waals surface area contributed by atoms with E-state index in [4.69, 9.17) is 11.6 Å². The van der Waals surface area contributed by atoms with Gasteiger partial charge in [-0.3, -0.25) is 4.79 Å². The molecule has 2 nitrogen and oxygen atoms in total. The summed E-state index contributed by atoms with van der Waals surface area (Å²) in [7, 11) is 0. The molecule has 0 aliphatic carbocycles.